The molecule has 0 radical (unpaired) electrons. The SMILES string of the molecule is C1=COc2c(ccc3c2Cc2ccccc2-3)O1. The van der Waals surface area contributed by atoms with E-state index >= 15 is 0 Å². The van der Waals surface area contributed by atoms with Gasteiger partial charge >= 0.3 is 0 Å². The van der Waals surface area contributed by atoms with Crippen LogP contribution in [0, 0.1) is 0 Å². The van der Waals surface area contributed by atoms with Crippen molar-refractivity contribution in [3.8, 4) is 22.6 Å². The van der Waals surface area contributed by atoms with Crippen molar-refractivity contribution >= 4 is 0 Å². The summed E-state index contributed by atoms with van der Waals surface area (Å²) in [5.41, 5.74) is 5.16. The minimum atomic E-state index is 0.805. The van der Waals surface area contributed by atoms with Crippen molar-refractivity contribution in [2.75, 3.05) is 0 Å². The lowest BCUT2D eigenvalue weighted by Crippen LogP contribution is -1.99. The normalized spacial score (nSPS) is 14.4. The van der Waals surface area contributed by atoms with E-state index in [2.05, 4.69) is 30.3 Å². The fourth-order valence-electron chi connectivity index (χ4n) is 2.58. The molecule has 1 aliphatic heterocycles. The quantitative estimate of drug-likeness (QED) is 0.579. The molecule has 0 fully saturated rings. The number of hydrogen-bond acceptors (Lipinski definition) is 2. The van der Waals surface area contributed by atoms with E-state index in [1.165, 1.54) is 22.3 Å². The number of fused-ring (bicyclic) bond motifs is 5. The van der Waals surface area contributed by atoms with Gasteiger partial charge in [0.25, 0.3) is 0 Å². The molecule has 2 heteroatoms. The van der Waals surface area contributed by atoms with E-state index < -0.39 is 0 Å². The van der Waals surface area contributed by atoms with Crippen LogP contribution in [-0.4, -0.2) is 0 Å². The van der Waals surface area contributed by atoms with Gasteiger partial charge < -0.3 is 9.47 Å². The standard InChI is InChI=1S/C15H10O2/c1-2-4-11-10(3-1)9-13-12(11)5-6-14-15(13)17-8-7-16-14/h1-8H,9H2. The molecule has 17 heavy (non-hydrogen) atoms. The summed E-state index contributed by atoms with van der Waals surface area (Å²) in [6.07, 6.45) is 4.08. The molecule has 0 bridgehead atoms. The summed E-state index contributed by atoms with van der Waals surface area (Å²) in [5.74, 6) is 1.67. The lowest BCUT2D eigenvalue weighted by molar-refractivity contribution is 0.359. The first kappa shape index (κ1) is 8.88. The van der Waals surface area contributed by atoms with Crippen LogP contribution in [0.25, 0.3) is 11.1 Å². The van der Waals surface area contributed by atoms with Crippen LogP contribution < -0.4 is 9.47 Å². The highest BCUT2D eigenvalue weighted by Crippen LogP contribution is 2.46. The van der Waals surface area contributed by atoms with E-state index in [9.17, 15) is 0 Å². The Morgan fingerprint density at radius 3 is 2.71 bits per heavy atom. The summed E-state index contributed by atoms with van der Waals surface area (Å²) in [7, 11) is 0. The third kappa shape index (κ3) is 1.15. The summed E-state index contributed by atoms with van der Waals surface area (Å²) >= 11 is 0. The molecule has 0 saturated heterocycles. The monoisotopic (exact) mass is 222 g/mol. The molecule has 0 amide bonds. The van der Waals surface area contributed by atoms with Crippen molar-refractivity contribution < 1.29 is 9.47 Å². The lowest BCUT2D eigenvalue weighted by Gasteiger charge is -2.15. The van der Waals surface area contributed by atoms with Gasteiger partial charge in [-0.3, -0.25) is 0 Å². The predicted octanol–water partition coefficient (Wildman–Crippen LogP) is 3.50. The fourth-order valence-corrected chi connectivity index (χ4v) is 2.58. The molecule has 2 nitrogen and oxygen atoms in total. The van der Waals surface area contributed by atoms with E-state index in [-0.39, 0.29) is 0 Å². The van der Waals surface area contributed by atoms with Crippen molar-refractivity contribution in [1.29, 1.82) is 0 Å². The Labute approximate surface area is 99.1 Å². The maximum absolute atomic E-state index is 5.59. The highest BCUT2D eigenvalue weighted by Gasteiger charge is 2.25. The first-order chi connectivity index (χ1) is 8.43. The van der Waals surface area contributed by atoms with Crippen molar-refractivity contribution in [1.82, 2.24) is 0 Å². The lowest BCUT2D eigenvalue weighted by atomic mass is 10.1. The minimum absolute atomic E-state index is 0.805. The van der Waals surface area contributed by atoms with Crippen molar-refractivity contribution in [2.45, 2.75) is 6.42 Å². The van der Waals surface area contributed by atoms with Crippen LogP contribution in [0.2, 0.25) is 0 Å². The number of hydrogen-bond donors (Lipinski definition) is 0. The summed E-state index contributed by atoms with van der Waals surface area (Å²) < 4.78 is 11.0. The molecular formula is C15H10O2. The summed E-state index contributed by atoms with van der Waals surface area (Å²) in [6, 6.07) is 12.6. The van der Waals surface area contributed by atoms with Gasteiger partial charge in [0.1, 0.15) is 12.5 Å². The Morgan fingerprint density at radius 1 is 0.824 bits per heavy atom. The molecule has 2 aromatic carbocycles. The Kier molecular flexibility index (Phi) is 1.64. The highest BCUT2D eigenvalue weighted by atomic mass is 16.5. The predicted molar refractivity (Wildman–Crippen MR) is 65.1 cm³/mol. The number of benzene rings is 2. The molecule has 0 spiro atoms. The fraction of sp³-hybridized carbons (Fsp3) is 0.0667. The summed E-state index contributed by atoms with van der Waals surface area (Å²) in [5, 5.41) is 0. The maximum atomic E-state index is 5.59. The minimum Gasteiger partial charge on any atom is -0.458 e. The summed E-state index contributed by atoms with van der Waals surface area (Å²) in [6.45, 7) is 0. The maximum Gasteiger partial charge on any atom is 0.173 e. The Hall–Kier alpha value is -2.22. The van der Waals surface area contributed by atoms with Crippen molar-refractivity contribution in [2.24, 2.45) is 0 Å². The molecule has 0 saturated carbocycles. The molecule has 82 valence electrons. The van der Waals surface area contributed by atoms with Crippen LogP contribution in [0.15, 0.2) is 48.9 Å². The van der Waals surface area contributed by atoms with E-state index in [4.69, 9.17) is 9.47 Å². The number of rotatable bonds is 0. The molecule has 0 aromatic heterocycles. The third-order valence-corrected chi connectivity index (χ3v) is 3.34. The second-order valence-corrected chi connectivity index (χ2v) is 4.26. The van der Waals surface area contributed by atoms with Gasteiger partial charge in [-0.05, 0) is 22.8 Å². The second-order valence-electron chi connectivity index (χ2n) is 4.26. The zero-order valence-electron chi connectivity index (χ0n) is 9.14. The third-order valence-electron chi connectivity index (χ3n) is 3.34. The molecule has 4 rings (SSSR count). The first-order valence-corrected chi connectivity index (χ1v) is 5.66. The molecule has 0 atom stereocenters. The molecule has 1 heterocycles. The molecular weight excluding hydrogens is 212 g/mol. The van der Waals surface area contributed by atoms with E-state index in [1.807, 2.05) is 6.07 Å². The topological polar surface area (TPSA) is 18.5 Å². The van der Waals surface area contributed by atoms with Gasteiger partial charge in [-0.25, -0.2) is 0 Å². The van der Waals surface area contributed by atoms with Crippen molar-refractivity contribution in [3.63, 3.8) is 0 Å². The highest BCUT2D eigenvalue weighted by molar-refractivity contribution is 5.80. The van der Waals surface area contributed by atoms with Crippen LogP contribution in [0.3, 0.4) is 0 Å². The molecule has 2 aliphatic rings. The average Bonchev–Trinajstić information content (AvgIpc) is 2.78. The van der Waals surface area contributed by atoms with Crippen LogP contribution in [0.4, 0.5) is 0 Å². The molecule has 0 N–H and O–H groups in total. The smallest absolute Gasteiger partial charge is 0.173 e. The largest absolute Gasteiger partial charge is 0.458 e. The second kappa shape index (κ2) is 3.14. The van der Waals surface area contributed by atoms with Gasteiger partial charge in [-0.2, -0.15) is 0 Å². The van der Waals surface area contributed by atoms with Gasteiger partial charge in [-0.15, -0.1) is 0 Å². The zero-order valence-corrected chi connectivity index (χ0v) is 9.14. The van der Waals surface area contributed by atoms with Gasteiger partial charge in [0, 0.05) is 12.0 Å². The zero-order chi connectivity index (χ0) is 11.2. The molecule has 2 aromatic rings. The molecule has 0 unspecified atom stereocenters. The van der Waals surface area contributed by atoms with Crippen molar-refractivity contribution in [3.05, 3.63) is 60.0 Å². The Morgan fingerprint density at radius 2 is 1.71 bits per heavy atom. The van der Waals surface area contributed by atoms with Crippen LogP contribution in [0.1, 0.15) is 11.1 Å². The number of ether oxygens (including phenoxy) is 2. The first-order valence-electron chi connectivity index (χ1n) is 5.66. The van der Waals surface area contributed by atoms with Gasteiger partial charge in [0.15, 0.2) is 11.5 Å². The van der Waals surface area contributed by atoms with Gasteiger partial charge in [-0.1, -0.05) is 30.3 Å². The Bertz CT molecular complexity index is 641. The Balaban J connectivity index is 1.98. The average molecular weight is 222 g/mol. The van der Waals surface area contributed by atoms with E-state index in [0.29, 0.717) is 0 Å². The van der Waals surface area contributed by atoms with E-state index in [1.54, 1.807) is 12.5 Å². The summed E-state index contributed by atoms with van der Waals surface area (Å²) in [4.78, 5) is 0. The molecule has 1 aliphatic carbocycles. The van der Waals surface area contributed by atoms with Gasteiger partial charge in [0.05, 0.1) is 0 Å². The van der Waals surface area contributed by atoms with Gasteiger partial charge in [0.2, 0.25) is 0 Å². The van der Waals surface area contributed by atoms with E-state index in [0.717, 1.165) is 17.9 Å². The van der Waals surface area contributed by atoms with Crippen LogP contribution in [-0.2, 0) is 6.42 Å². The van der Waals surface area contributed by atoms with Crippen LogP contribution >= 0.6 is 0 Å². The van der Waals surface area contributed by atoms with Crippen LogP contribution in [0.5, 0.6) is 11.5 Å².